The SMILES string of the molecule is CCOP(=O)(COc1ccc(Cn2c(COC)nc(C(C)C)c2Sc2cc(Cl)cc(Cl)c2)cn1)OCC.NC=O. The van der Waals surface area contributed by atoms with Crippen molar-refractivity contribution in [3.05, 3.63) is 63.7 Å². The van der Waals surface area contributed by atoms with Crippen LogP contribution in [-0.2, 0) is 36.3 Å². The van der Waals surface area contributed by atoms with E-state index >= 15 is 0 Å². The third-order valence-corrected chi connectivity index (χ3v) is 8.34. The standard InChI is InChI=1S/C25H32Cl2N3O5PS.CH3NO/c1-6-34-36(31,35-7-2)16-33-23-9-8-18(13-28-23)14-30-22(15-32-5)29-24(17(3)4)25(30)37-21-11-19(26)10-20(27)12-21;2-1-3/h8-13,17H,6-7,14-16H2,1-5H3;1H,(H2,2,3). The van der Waals surface area contributed by atoms with Crippen LogP contribution in [0.3, 0.4) is 0 Å². The van der Waals surface area contributed by atoms with Crippen molar-refractivity contribution in [2.24, 2.45) is 5.73 Å². The Balaban J connectivity index is 0.00000178. The van der Waals surface area contributed by atoms with Crippen molar-refractivity contribution < 1.29 is 27.9 Å². The zero-order valence-corrected chi connectivity index (χ0v) is 26.4. The van der Waals surface area contributed by atoms with E-state index in [-0.39, 0.29) is 31.9 Å². The predicted molar refractivity (Wildman–Crippen MR) is 158 cm³/mol. The van der Waals surface area contributed by atoms with Crippen LogP contribution in [0.5, 0.6) is 5.88 Å². The molecular formula is C26H35Cl2N4O6PS. The lowest BCUT2D eigenvalue weighted by atomic mass is 10.1. The summed E-state index contributed by atoms with van der Waals surface area (Å²) in [7, 11) is -1.68. The summed E-state index contributed by atoms with van der Waals surface area (Å²) in [4.78, 5) is 18.8. The van der Waals surface area contributed by atoms with E-state index in [0.29, 0.717) is 29.1 Å². The molecule has 220 valence electrons. The van der Waals surface area contributed by atoms with Gasteiger partial charge in [-0.25, -0.2) is 9.97 Å². The second kappa shape index (κ2) is 17.0. The number of amides is 1. The fourth-order valence-corrected chi connectivity index (χ4v) is 6.73. The Labute approximate surface area is 249 Å². The number of aromatic nitrogens is 3. The van der Waals surface area contributed by atoms with Gasteiger partial charge in [-0.1, -0.05) is 54.9 Å². The first-order valence-corrected chi connectivity index (χ1v) is 15.7. The highest BCUT2D eigenvalue weighted by Gasteiger charge is 2.25. The molecule has 0 unspecified atom stereocenters. The molecule has 0 fully saturated rings. The number of halogens is 2. The maximum Gasteiger partial charge on any atom is 0.367 e. The second-order valence-corrected chi connectivity index (χ2v) is 12.4. The van der Waals surface area contributed by atoms with Crippen LogP contribution in [0.25, 0.3) is 0 Å². The minimum atomic E-state index is -3.33. The third kappa shape index (κ3) is 10.4. The first-order chi connectivity index (χ1) is 19.1. The number of carbonyl (C=O) groups excluding carboxylic acids is 1. The van der Waals surface area contributed by atoms with E-state index in [9.17, 15) is 4.57 Å². The largest absolute Gasteiger partial charge is 0.465 e. The number of benzene rings is 1. The number of imidazole rings is 1. The summed E-state index contributed by atoms with van der Waals surface area (Å²) < 4.78 is 36.4. The van der Waals surface area contributed by atoms with Crippen LogP contribution in [0.1, 0.15) is 50.7 Å². The molecule has 10 nitrogen and oxygen atoms in total. The van der Waals surface area contributed by atoms with Gasteiger partial charge in [-0.3, -0.25) is 9.36 Å². The summed E-state index contributed by atoms with van der Waals surface area (Å²) >= 11 is 14.1. The smallest absolute Gasteiger partial charge is 0.367 e. The van der Waals surface area contributed by atoms with Gasteiger partial charge >= 0.3 is 7.60 Å². The summed E-state index contributed by atoms with van der Waals surface area (Å²) in [5.41, 5.74) is 6.06. The molecular weight excluding hydrogens is 598 g/mol. The van der Waals surface area contributed by atoms with E-state index in [1.54, 1.807) is 51.0 Å². The zero-order valence-electron chi connectivity index (χ0n) is 23.1. The Hall–Kier alpha value is -2.11. The molecule has 0 saturated heterocycles. The highest BCUT2D eigenvalue weighted by atomic mass is 35.5. The summed E-state index contributed by atoms with van der Waals surface area (Å²) in [5, 5.41) is 2.12. The molecule has 14 heteroatoms. The molecule has 2 heterocycles. The molecule has 0 aliphatic rings. The summed E-state index contributed by atoms with van der Waals surface area (Å²) in [5.74, 6) is 1.32. The molecule has 3 aromatic rings. The molecule has 0 bridgehead atoms. The molecule has 40 heavy (non-hydrogen) atoms. The van der Waals surface area contributed by atoms with Gasteiger partial charge in [0, 0.05) is 34.3 Å². The van der Waals surface area contributed by atoms with Crippen LogP contribution >= 0.6 is 42.6 Å². The van der Waals surface area contributed by atoms with Gasteiger partial charge in [0.25, 0.3) is 0 Å². The Morgan fingerprint density at radius 1 is 1.12 bits per heavy atom. The number of hydrogen-bond donors (Lipinski definition) is 1. The molecule has 0 aliphatic carbocycles. The fourth-order valence-electron chi connectivity index (χ4n) is 3.51. The molecule has 0 atom stereocenters. The average molecular weight is 634 g/mol. The highest BCUT2D eigenvalue weighted by Crippen LogP contribution is 2.47. The lowest BCUT2D eigenvalue weighted by Gasteiger charge is -2.17. The van der Waals surface area contributed by atoms with Crippen LogP contribution in [0, 0.1) is 0 Å². The van der Waals surface area contributed by atoms with Crippen molar-refractivity contribution in [1.29, 1.82) is 0 Å². The molecule has 0 radical (unpaired) electrons. The Kier molecular flexibility index (Phi) is 14.5. The van der Waals surface area contributed by atoms with E-state index in [1.165, 1.54) is 0 Å². The summed E-state index contributed by atoms with van der Waals surface area (Å²) in [6, 6.07) is 9.11. The van der Waals surface area contributed by atoms with Crippen molar-refractivity contribution in [3.63, 3.8) is 0 Å². The van der Waals surface area contributed by atoms with Crippen molar-refractivity contribution in [2.45, 2.75) is 56.7 Å². The summed E-state index contributed by atoms with van der Waals surface area (Å²) in [6.45, 7) is 9.12. The Morgan fingerprint density at radius 2 is 1.75 bits per heavy atom. The Bertz CT molecular complexity index is 1250. The first-order valence-electron chi connectivity index (χ1n) is 12.4. The van der Waals surface area contributed by atoms with E-state index in [1.807, 2.05) is 18.2 Å². The lowest BCUT2D eigenvalue weighted by molar-refractivity contribution is -0.106. The number of pyridine rings is 1. The van der Waals surface area contributed by atoms with Crippen LogP contribution in [0.4, 0.5) is 0 Å². The summed E-state index contributed by atoms with van der Waals surface area (Å²) in [6.07, 6.45) is 1.76. The first kappa shape index (κ1) is 34.1. The van der Waals surface area contributed by atoms with Gasteiger partial charge in [0.05, 0.1) is 25.5 Å². The third-order valence-electron chi connectivity index (χ3n) is 5.06. The zero-order chi connectivity index (χ0) is 29.7. The van der Waals surface area contributed by atoms with E-state index in [0.717, 1.165) is 27.0 Å². The van der Waals surface area contributed by atoms with Crippen molar-refractivity contribution in [2.75, 3.05) is 26.7 Å². The number of carbonyl (C=O) groups is 1. The Morgan fingerprint density at radius 3 is 2.25 bits per heavy atom. The molecule has 1 amide bonds. The van der Waals surface area contributed by atoms with Crippen LogP contribution < -0.4 is 10.5 Å². The topological polar surface area (TPSA) is 128 Å². The number of nitrogens with zero attached hydrogens (tertiary/aromatic N) is 3. The lowest BCUT2D eigenvalue weighted by Crippen LogP contribution is -2.09. The monoisotopic (exact) mass is 632 g/mol. The van der Waals surface area contributed by atoms with E-state index in [4.69, 9.17) is 51.5 Å². The quantitative estimate of drug-likeness (QED) is 0.151. The number of rotatable bonds is 14. The minimum Gasteiger partial charge on any atom is -0.465 e. The van der Waals surface area contributed by atoms with Gasteiger partial charge in [0.2, 0.25) is 12.3 Å². The van der Waals surface area contributed by atoms with Crippen LogP contribution in [-0.4, -0.2) is 47.6 Å². The molecule has 2 N–H and O–H groups in total. The van der Waals surface area contributed by atoms with E-state index in [2.05, 4.69) is 29.1 Å². The molecule has 2 aromatic heterocycles. The maximum absolute atomic E-state index is 12.6. The van der Waals surface area contributed by atoms with Crippen LogP contribution in [0.15, 0.2) is 46.5 Å². The number of ether oxygens (including phenoxy) is 2. The molecule has 3 rings (SSSR count). The number of methoxy groups -OCH3 is 1. The predicted octanol–water partition coefficient (Wildman–Crippen LogP) is 6.76. The van der Waals surface area contributed by atoms with Gasteiger partial charge in [0.15, 0.2) is 6.35 Å². The van der Waals surface area contributed by atoms with Crippen molar-refractivity contribution in [1.82, 2.24) is 14.5 Å². The van der Waals surface area contributed by atoms with Crippen LogP contribution in [0.2, 0.25) is 10.0 Å². The van der Waals surface area contributed by atoms with E-state index < -0.39 is 7.60 Å². The number of nitrogens with two attached hydrogens (primary N) is 1. The van der Waals surface area contributed by atoms with Gasteiger partial charge < -0.3 is 28.8 Å². The number of hydrogen-bond acceptors (Lipinski definition) is 9. The molecule has 0 spiro atoms. The molecule has 0 saturated carbocycles. The normalized spacial score (nSPS) is 11.3. The van der Waals surface area contributed by atoms with Crippen molar-refractivity contribution in [3.8, 4) is 5.88 Å². The van der Waals surface area contributed by atoms with Gasteiger partial charge in [-0.15, -0.1) is 0 Å². The number of primary amides is 1. The molecule has 0 aliphatic heterocycles. The van der Waals surface area contributed by atoms with Gasteiger partial charge in [-0.05, 0) is 43.5 Å². The fraction of sp³-hybridized carbons (Fsp3) is 0.423. The van der Waals surface area contributed by atoms with Crippen molar-refractivity contribution >= 4 is 49.0 Å². The van der Waals surface area contributed by atoms with Gasteiger partial charge in [0.1, 0.15) is 17.5 Å². The minimum absolute atomic E-state index is 0.189. The van der Waals surface area contributed by atoms with Gasteiger partial charge in [-0.2, -0.15) is 0 Å². The second-order valence-electron chi connectivity index (χ2n) is 8.46. The molecule has 1 aromatic carbocycles. The average Bonchev–Trinajstić information content (AvgIpc) is 3.21. The highest BCUT2D eigenvalue weighted by molar-refractivity contribution is 7.99. The maximum atomic E-state index is 12.6.